The number of methoxy groups -OCH3 is 1. The third-order valence-corrected chi connectivity index (χ3v) is 6.26. The third kappa shape index (κ3) is 5.76. The summed E-state index contributed by atoms with van der Waals surface area (Å²) in [6.07, 6.45) is 9.28. The average molecular weight is 406 g/mol. The molecule has 30 heavy (non-hydrogen) atoms. The van der Waals surface area contributed by atoms with E-state index in [1.54, 1.807) is 7.11 Å². The molecule has 0 saturated carbocycles. The lowest BCUT2D eigenvalue weighted by atomic mass is 9.80. The maximum Gasteiger partial charge on any atom is 0.0958 e. The van der Waals surface area contributed by atoms with Gasteiger partial charge in [-0.15, -0.1) is 0 Å². The lowest BCUT2D eigenvalue weighted by Crippen LogP contribution is -2.40. The molecule has 1 N–H and O–H groups in total. The van der Waals surface area contributed by atoms with Crippen LogP contribution in [-0.2, 0) is 11.2 Å². The minimum absolute atomic E-state index is 0.0492. The number of hydrogen-bond acceptors (Lipinski definition) is 3. The fourth-order valence-corrected chi connectivity index (χ4v) is 4.55. The van der Waals surface area contributed by atoms with Gasteiger partial charge in [-0.25, -0.2) is 5.06 Å². The number of hydrogen-bond donors (Lipinski definition) is 1. The average Bonchev–Trinajstić information content (AvgIpc) is 2.80. The standard InChI is InChI=1S/C27H35NO2/c1-4-22(20-23-11-7-5-8-12-23)19-21(2)27(24-15-17-26(30-3)18-16-24)28(29)25-13-9-6-10-14-25/h5-15,17,21-22,27,29H,4,16,18-20H2,1-3H3. The summed E-state index contributed by atoms with van der Waals surface area (Å²) in [5.74, 6) is 1.90. The summed E-state index contributed by atoms with van der Waals surface area (Å²) in [4.78, 5) is 0. The number of para-hydroxylation sites is 1. The molecule has 0 aliphatic heterocycles. The van der Waals surface area contributed by atoms with Crippen LogP contribution in [0, 0.1) is 11.8 Å². The van der Waals surface area contributed by atoms with Crippen molar-refractivity contribution >= 4 is 5.69 Å². The van der Waals surface area contributed by atoms with Crippen molar-refractivity contribution in [3.8, 4) is 0 Å². The van der Waals surface area contributed by atoms with E-state index < -0.39 is 0 Å². The van der Waals surface area contributed by atoms with Gasteiger partial charge in [0.25, 0.3) is 0 Å². The van der Waals surface area contributed by atoms with Crippen LogP contribution in [0.2, 0.25) is 0 Å². The van der Waals surface area contributed by atoms with Crippen LogP contribution in [0.1, 0.15) is 45.1 Å². The van der Waals surface area contributed by atoms with Gasteiger partial charge in [-0.1, -0.05) is 74.9 Å². The molecule has 2 aromatic rings. The summed E-state index contributed by atoms with van der Waals surface area (Å²) in [5.41, 5.74) is 3.50. The van der Waals surface area contributed by atoms with Crippen LogP contribution < -0.4 is 5.06 Å². The Balaban J connectivity index is 1.81. The first kappa shape index (κ1) is 22.2. The van der Waals surface area contributed by atoms with Crippen LogP contribution in [0.3, 0.4) is 0 Å². The highest BCUT2D eigenvalue weighted by Crippen LogP contribution is 2.34. The van der Waals surface area contributed by atoms with Crippen LogP contribution >= 0.6 is 0 Å². The molecule has 3 heteroatoms. The number of allylic oxidation sites excluding steroid dienone is 3. The molecule has 160 valence electrons. The summed E-state index contributed by atoms with van der Waals surface area (Å²) in [5, 5.41) is 12.7. The fraction of sp³-hybridized carbons (Fsp3) is 0.407. The number of rotatable bonds is 10. The minimum atomic E-state index is -0.0492. The van der Waals surface area contributed by atoms with E-state index in [2.05, 4.69) is 56.3 Å². The molecule has 0 heterocycles. The van der Waals surface area contributed by atoms with Gasteiger partial charge in [0, 0.05) is 6.42 Å². The molecule has 1 aliphatic rings. The van der Waals surface area contributed by atoms with E-state index in [1.165, 1.54) is 16.2 Å². The highest BCUT2D eigenvalue weighted by atomic mass is 16.5. The monoisotopic (exact) mass is 405 g/mol. The molecule has 3 rings (SSSR count). The van der Waals surface area contributed by atoms with Crippen LogP contribution in [0.15, 0.2) is 84.1 Å². The quantitative estimate of drug-likeness (QED) is 0.441. The Morgan fingerprint density at radius 3 is 2.20 bits per heavy atom. The first-order valence-electron chi connectivity index (χ1n) is 11.1. The molecular weight excluding hydrogens is 370 g/mol. The molecule has 0 bridgehead atoms. The van der Waals surface area contributed by atoms with Gasteiger partial charge in [0.05, 0.1) is 24.6 Å². The lowest BCUT2D eigenvalue weighted by molar-refractivity contribution is 0.185. The summed E-state index contributed by atoms with van der Waals surface area (Å²) < 4.78 is 5.41. The highest BCUT2D eigenvalue weighted by molar-refractivity contribution is 5.47. The molecule has 0 amide bonds. The SMILES string of the molecule is CCC(Cc1ccccc1)CC(C)C(C1=CC=C(OC)CC1)N(O)c1ccccc1. The highest BCUT2D eigenvalue weighted by Gasteiger charge is 2.30. The molecule has 0 fully saturated rings. The molecule has 0 aromatic heterocycles. The first-order chi connectivity index (χ1) is 14.6. The van der Waals surface area contributed by atoms with Crippen molar-refractivity contribution in [2.45, 2.75) is 52.0 Å². The molecule has 3 unspecified atom stereocenters. The molecular formula is C27H35NO2. The summed E-state index contributed by atoms with van der Waals surface area (Å²) >= 11 is 0. The molecule has 0 saturated heterocycles. The fourth-order valence-electron chi connectivity index (χ4n) is 4.55. The first-order valence-corrected chi connectivity index (χ1v) is 11.1. The van der Waals surface area contributed by atoms with Gasteiger partial charge in [0.1, 0.15) is 0 Å². The summed E-state index contributed by atoms with van der Waals surface area (Å²) in [6.45, 7) is 4.55. The van der Waals surface area contributed by atoms with Gasteiger partial charge in [-0.05, 0) is 60.4 Å². The van der Waals surface area contributed by atoms with Crippen molar-refractivity contribution in [3.63, 3.8) is 0 Å². The normalized spacial score (nSPS) is 16.8. The van der Waals surface area contributed by atoms with Crippen LogP contribution in [0.5, 0.6) is 0 Å². The Morgan fingerprint density at radius 1 is 0.967 bits per heavy atom. The Morgan fingerprint density at radius 2 is 1.63 bits per heavy atom. The van der Waals surface area contributed by atoms with Gasteiger partial charge in [-0.2, -0.15) is 0 Å². The van der Waals surface area contributed by atoms with Gasteiger partial charge < -0.3 is 4.74 Å². The van der Waals surface area contributed by atoms with Crippen LogP contribution in [-0.4, -0.2) is 18.4 Å². The zero-order chi connectivity index (χ0) is 21.3. The van der Waals surface area contributed by atoms with E-state index in [-0.39, 0.29) is 6.04 Å². The maximum atomic E-state index is 11.2. The largest absolute Gasteiger partial charge is 0.501 e. The second-order valence-electron chi connectivity index (χ2n) is 8.38. The smallest absolute Gasteiger partial charge is 0.0958 e. The predicted molar refractivity (Wildman–Crippen MR) is 125 cm³/mol. The molecule has 0 radical (unpaired) electrons. The minimum Gasteiger partial charge on any atom is -0.501 e. The van der Waals surface area contributed by atoms with E-state index in [9.17, 15) is 5.21 Å². The van der Waals surface area contributed by atoms with Gasteiger partial charge in [0.15, 0.2) is 0 Å². The predicted octanol–water partition coefficient (Wildman–Crippen LogP) is 6.80. The van der Waals surface area contributed by atoms with E-state index in [4.69, 9.17) is 4.74 Å². The zero-order valence-corrected chi connectivity index (χ0v) is 18.5. The van der Waals surface area contributed by atoms with Crippen molar-refractivity contribution < 1.29 is 9.94 Å². The third-order valence-electron chi connectivity index (χ3n) is 6.26. The summed E-state index contributed by atoms with van der Waals surface area (Å²) in [7, 11) is 1.72. The van der Waals surface area contributed by atoms with Gasteiger partial charge in [-0.3, -0.25) is 5.21 Å². The van der Waals surface area contributed by atoms with E-state index in [0.29, 0.717) is 11.8 Å². The van der Waals surface area contributed by atoms with E-state index >= 15 is 0 Å². The van der Waals surface area contributed by atoms with Crippen molar-refractivity contribution in [3.05, 3.63) is 89.7 Å². The Labute approximate surface area is 181 Å². The van der Waals surface area contributed by atoms with Crippen LogP contribution in [0.25, 0.3) is 0 Å². The second kappa shape index (κ2) is 11.0. The van der Waals surface area contributed by atoms with Crippen molar-refractivity contribution in [1.29, 1.82) is 0 Å². The topological polar surface area (TPSA) is 32.7 Å². The summed E-state index contributed by atoms with van der Waals surface area (Å²) in [6, 6.07) is 20.6. The lowest BCUT2D eigenvalue weighted by Gasteiger charge is -2.36. The Bertz CT molecular complexity index is 828. The van der Waals surface area contributed by atoms with Crippen molar-refractivity contribution in [2.75, 3.05) is 12.2 Å². The molecule has 0 spiro atoms. The Hall–Kier alpha value is -2.52. The van der Waals surface area contributed by atoms with Gasteiger partial charge in [0.2, 0.25) is 0 Å². The number of benzene rings is 2. The van der Waals surface area contributed by atoms with E-state index in [1.807, 2.05) is 30.3 Å². The molecule has 1 aliphatic carbocycles. The van der Waals surface area contributed by atoms with Crippen molar-refractivity contribution in [2.24, 2.45) is 11.8 Å². The molecule has 2 aromatic carbocycles. The maximum absolute atomic E-state index is 11.2. The number of anilines is 1. The van der Waals surface area contributed by atoms with Crippen LogP contribution in [0.4, 0.5) is 5.69 Å². The zero-order valence-electron chi connectivity index (χ0n) is 18.5. The Kier molecular flexibility index (Phi) is 8.15. The molecule has 3 nitrogen and oxygen atoms in total. The molecule has 3 atom stereocenters. The van der Waals surface area contributed by atoms with Gasteiger partial charge >= 0.3 is 0 Å². The number of ether oxygens (including phenoxy) is 1. The number of nitrogens with zero attached hydrogens (tertiary/aromatic N) is 1. The number of hydroxylamine groups is 1. The second-order valence-corrected chi connectivity index (χ2v) is 8.38. The van der Waals surface area contributed by atoms with E-state index in [0.717, 1.165) is 43.6 Å². The van der Waals surface area contributed by atoms with Crippen molar-refractivity contribution in [1.82, 2.24) is 0 Å².